The summed E-state index contributed by atoms with van der Waals surface area (Å²) in [5.74, 6) is 2.93. The van der Waals surface area contributed by atoms with Crippen LogP contribution in [0.2, 0.25) is 0 Å². The smallest absolute Gasteiger partial charge is 0.122 e. The summed E-state index contributed by atoms with van der Waals surface area (Å²) in [6.45, 7) is 5.31. The fourth-order valence-corrected chi connectivity index (χ4v) is 4.35. The third-order valence-electron chi connectivity index (χ3n) is 5.19. The molecule has 0 aromatic carbocycles. The van der Waals surface area contributed by atoms with Gasteiger partial charge in [0.2, 0.25) is 0 Å². The lowest BCUT2D eigenvalue weighted by Crippen LogP contribution is -2.44. The highest BCUT2D eigenvalue weighted by atomic mass is 16.3. The fourth-order valence-electron chi connectivity index (χ4n) is 4.35. The first-order valence-electron chi connectivity index (χ1n) is 8.24. The Hall–Kier alpha value is -0.800. The summed E-state index contributed by atoms with van der Waals surface area (Å²) in [6.07, 6.45) is 8.29. The van der Waals surface area contributed by atoms with Gasteiger partial charge >= 0.3 is 0 Å². The van der Waals surface area contributed by atoms with Crippen LogP contribution in [0.25, 0.3) is 0 Å². The van der Waals surface area contributed by atoms with Crippen molar-refractivity contribution in [2.75, 3.05) is 6.54 Å². The Kier molecular flexibility index (Phi) is 4.18. The van der Waals surface area contributed by atoms with Crippen molar-refractivity contribution in [1.29, 1.82) is 0 Å². The van der Waals surface area contributed by atoms with Gasteiger partial charge in [-0.1, -0.05) is 12.8 Å². The zero-order valence-corrected chi connectivity index (χ0v) is 12.8. The molecule has 112 valence electrons. The van der Waals surface area contributed by atoms with Crippen LogP contribution in [-0.4, -0.2) is 23.5 Å². The number of hydrogen-bond acceptors (Lipinski definition) is 3. The van der Waals surface area contributed by atoms with Crippen LogP contribution in [0.5, 0.6) is 0 Å². The molecule has 2 fully saturated rings. The van der Waals surface area contributed by atoms with Gasteiger partial charge < -0.3 is 10.2 Å². The van der Waals surface area contributed by atoms with Crippen molar-refractivity contribution in [3.05, 3.63) is 23.7 Å². The van der Waals surface area contributed by atoms with Crippen molar-refractivity contribution in [1.82, 2.24) is 4.90 Å². The molecule has 1 aliphatic carbocycles. The van der Waals surface area contributed by atoms with Gasteiger partial charge in [-0.3, -0.25) is 4.90 Å². The van der Waals surface area contributed by atoms with E-state index in [4.69, 9.17) is 10.2 Å². The van der Waals surface area contributed by atoms with Gasteiger partial charge in [0, 0.05) is 12.1 Å². The molecule has 3 rings (SSSR count). The summed E-state index contributed by atoms with van der Waals surface area (Å²) in [5.41, 5.74) is 6.32. The molecule has 2 aliphatic rings. The van der Waals surface area contributed by atoms with Gasteiger partial charge in [0.15, 0.2) is 0 Å². The van der Waals surface area contributed by atoms with Gasteiger partial charge in [-0.25, -0.2) is 0 Å². The standard InChI is InChI=1S/C17H28N2O/c1-12-9-10-16(20-12)17(13(2)18)19-11-5-8-15(19)14-6-3-4-7-14/h9-10,13-15,17H,3-8,11,18H2,1-2H3. The minimum atomic E-state index is 0.113. The van der Waals surface area contributed by atoms with Crippen LogP contribution in [0, 0.1) is 12.8 Å². The summed E-state index contributed by atoms with van der Waals surface area (Å²) in [4.78, 5) is 2.65. The van der Waals surface area contributed by atoms with Crippen molar-refractivity contribution in [3.8, 4) is 0 Å². The van der Waals surface area contributed by atoms with Crippen molar-refractivity contribution in [3.63, 3.8) is 0 Å². The molecule has 1 aliphatic heterocycles. The van der Waals surface area contributed by atoms with Crippen LogP contribution in [0.1, 0.15) is 63.0 Å². The van der Waals surface area contributed by atoms with Crippen LogP contribution >= 0.6 is 0 Å². The number of nitrogens with two attached hydrogens (primary N) is 1. The molecule has 2 N–H and O–H groups in total. The summed E-state index contributed by atoms with van der Waals surface area (Å²) in [5, 5.41) is 0. The monoisotopic (exact) mass is 276 g/mol. The largest absolute Gasteiger partial charge is 0.465 e. The number of aryl methyl sites for hydroxylation is 1. The Balaban J connectivity index is 1.82. The van der Waals surface area contributed by atoms with Gasteiger partial charge in [0.25, 0.3) is 0 Å². The molecule has 3 heteroatoms. The first-order chi connectivity index (χ1) is 9.66. The number of likely N-dealkylation sites (tertiary alicyclic amines) is 1. The zero-order valence-electron chi connectivity index (χ0n) is 12.8. The van der Waals surface area contributed by atoms with Gasteiger partial charge in [-0.05, 0) is 64.1 Å². The molecule has 0 radical (unpaired) electrons. The SMILES string of the molecule is Cc1ccc(C(C(C)N)N2CCCC2C2CCCC2)o1. The minimum absolute atomic E-state index is 0.113. The average molecular weight is 276 g/mol. The Morgan fingerprint density at radius 3 is 2.55 bits per heavy atom. The van der Waals surface area contributed by atoms with E-state index in [9.17, 15) is 0 Å². The second-order valence-electron chi connectivity index (χ2n) is 6.74. The molecular weight excluding hydrogens is 248 g/mol. The molecule has 3 nitrogen and oxygen atoms in total. The van der Waals surface area contributed by atoms with Crippen LogP contribution in [-0.2, 0) is 0 Å². The molecule has 1 aromatic rings. The van der Waals surface area contributed by atoms with Crippen LogP contribution in [0.15, 0.2) is 16.5 Å². The summed E-state index contributed by atoms with van der Waals surface area (Å²) >= 11 is 0. The Morgan fingerprint density at radius 1 is 1.20 bits per heavy atom. The van der Waals surface area contributed by atoms with E-state index in [-0.39, 0.29) is 12.1 Å². The van der Waals surface area contributed by atoms with Crippen molar-refractivity contribution >= 4 is 0 Å². The van der Waals surface area contributed by atoms with Crippen LogP contribution in [0.3, 0.4) is 0 Å². The Morgan fingerprint density at radius 2 is 1.95 bits per heavy atom. The normalized spacial score (nSPS) is 28.1. The lowest BCUT2D eigenvalue weighted by Gasteiger charge is -2.37. The molecular formula is C17H28N2O. The van der Waals surface area contributed by atoms with E-state index >= 15 is 0 Å². The molecule has 0 amide bonds. The quantitative estimate of drug-likeness (QED) is 0.913. The minimum Gasteiger partial charge on any atom is -0.465 e. The van der Waals surface area contributed by atoms with Crippen LogP contribution < -0.4 is 5.73 Å². The fraction of sp³-hybridized carbons (Fsp3) is 0.765. The van der Waals surface area contributed by atoms with Gasteiger partial charge in [0.1, 0.15) is 11.5 Å². The lowest BCUT2D eigenvalue weighted by molar-refractivity contribution is 0.105. The molecule has 2 heterocycles. The maximum atomic E-state index is 6.32. The average Bonchev–Trinajstić information content (AvgIpc) is 3.10. The predicted molar refractivity (Wildman–Crippen MR) is 81.5 cm³/mol. The van der Waals surface area contributed by atoms with E-state index in [0.717, 1.165) is 23.5 Å². The zero-order chi connectivity index (χ0) is 14.1. The number of rotatable bonds is 4. The number of furan rings is 1. The molecule has 1 aromatic heterocycles. The van der Waals surface area contributed by atoms with E-state index in [1.165, 1.54) is 45.1 Å². The second-order valence-corrected chi connectivity index (χ2v) is 6.74. The van der Waals surface area contributed by atoms with E-state index < -0.39 is 0 Å². The molecule has 1 saturated carbocycles. The van der Waals surface area contributed by atoms with Crippen molar-refractivity contribution in [2.24, 2.45) is 11.7 Å². The molecule has 1 saturated heterocycles. The third-order valence-corrected chi connectivity index (χ3v) is 5.19. The summed E-state index contributed by atoms with van der Waals surface area (Å²) in [7, 11) is 0. The number of nitrogens with zero attached hydrogens (tertiary/aromatic N) is 1. The first-order valence-corrected chi connectivity index (χ1v) is 8.24. The highest BCUT2D eigenvalue weighted by Crippen LogP contribution is 2.40. The van der Waals surface area contributed by atoms with E-state index in [2.05, 4.69) is 24.0 Å². The highest BCUT2D eigenvalue weighted by Gasteiger charge is 2.39. The van der Waals surface area contributed by atoms with Gasteiger partial charge in [-0.15, -0.1) is 0 Å². The second kappa shape index (κ2) is 5.90. The van der Waals surface area contributed by atoms with E-state index in [0.29, 0.717) is 0 Å². The van der Waals surface area contributed by atoms with E-state index in [1.54, 1.807) is 0 Å². The van der Waals surface area contributed by atoms with Crippen molar-refractivity contribution in [2.45, 2.75) is 70.5 Å². The topological polar surface area (TPSA) is 42.4 Å². The van der Waals surface area contributed by atoms with Gasteiger partial charge in [0.05, 0.1) is 6.04 Å². The van der Waals surface area contributed by atoms with Gasteiger partial charge in [-0.2, -0.15) is 0 Å². The molecule has 3 unspecified atom stereocenters. The Labute approximate surface area is 122 Å². The maximum absolute atomic E-state index is 6.32. The molecule has 0 bridgehead atoms. The first kappa shape index (κ1) is 14.2. The number of hydrogen-bond donors (Lipinski definition) is 1. The predicted octanol–water partition coefficient (Wildman–Crippen LogP) is 3.63. The van der Waals surface area contributed by atoms with E-state index in [1.807, 2.05) is 6.92 Å². The van der Waals surface area contributed by atoms with Crippen LogP contribution in [0.4, 0.5) is 0 Å². The molecule has 20 heavy (non-hydrogen) atoms. The Bertz CT molecular complexity index is 434. The summed E-state index contributed by atoms with van der Waals surface area (Å²) < 4.78 is 5.91. The molecule has 0 spiro atoms. The summed E-state index contributed by atoms with van der Waals surface area (Å²) in [6, 6.07) is 5.26. The third kappa shape index (κ3) is 2.66. The molecule has 3 atom stereocenters. The maximum Gasteiger partial charge on any atom is 0.122 e. The highest BCUT2D eigenvalue weighted by molar-refractivity contribution is 5.13. The lowest BCUT2D eigenvalue weighted by atomic mass is 9.94. The van der Waals surface area contributed by atoms with Crippen molar-refractivity contribution < 1.29 is 4.42 Å².